The lowest BCUT2D eigenvalue weighted by Gasteiger charge is -2.36. The molecule has 2 N–H and O–H groups in total. The predicted octanol–water partition coefficient (Wildman–Crippen LogP) is 0.597. The molecule has 1 aromatic rings. The van der Waals surface area contributed by atoms with Crippen molar-refractivity contribution >= 4 is 11.8 Å². The molecule has 20 heavy (non-hydrogen) atoms. The summed E-state index contributed by atoms with van der Waals surface area (Å²) in [5, 5.41) is 5.23. The standard InChI is InChI=1S/C15H20N2O3/c1-16-13(18)11-17-14(19)15(7-9-20-10-8-15)12-5-3-2-4-6-12/h2-6H,7-11H2,1H3,(H,16,18)(H,17,19). The van der Waals surface area contributed by atoms with Gasteiger partial charge in [-0.25, -0.2) is 0 Å². The molecule has 1 aliphatic rings. The molecule has 0 saturated carbocycles. The Balaban J connectivity index is 2.19. The second-order valence-corrected chi connectivity index (χ2v) is 4.92. The van der Waals surface area contributed by atoms with Crippen LogP contribution in [0.3, 0.4) is 0 Å². The fourth-order valence-corrected chi connectivity index (χ4v) is 2.54. The quantitative estimate of drug-likeness (QED) is 0.846. The van der Waals surface area contributed by atoms with E-state index in [0.717, 1.165) is 5.56 Å². The van der Waals surface area contributed by atoms with Gasteiger partial charge in [-0.1, -0.05) is 30.3 Å². The molecule has 1 fully saturated rings. The number of amides is 2. The van der Waals surface area contributed by atoms with Crippen LogP contribution in [0, 0.1) is 0 Å². The average Bonchev–Trinajstić information content (AvgIpc) is 2.53. The summed E-state index contributed by atoms with van der Waals surface area (Å²) in [4.78, 5) is 23.9. The Morgan fingerprint density at radius 2 is 1.85 bits per heavy atom. The number of benzene rings is 1. The lowest BCUT2D eigenvalue weighted by Crippen LogP contribution is -2.50. The van der Waals surface area contributed by atoms with Crippen LogP contribution in [0.15, 0.2) is 30.3 Å². The topological polar surface area (TPSA) is 67.4 Å². The van der Waals surface area contributed by atoms with Crippen molar-refractivity contribution in [1.82, 2.24) is 10.6 Å². The van der Waals surface area contributed by atoms with Crippen molar-refractivity contribution in [3.63, 3.8) is 0 Å². The third-order valence-corrected chi connectivity index (χ3v) is 3.80. The third-order valence-electron chi connectivity index (χ3n) is 3.80. The van der Waals surface area contributed by atoms with Crippen LogP contribution in [-0.2, 0) is 19.7 Å². The zero-order valence-corrected chi connectivity index (χ0v) is 11.6. The van der Waals surface area contributed by atoms with Crippen LogP contribution in [0.4, 0.5) is 0 Å². The highest BCUT2D eigenvalue weighted by Crippen LogP contribution is 2.34. The number of carbonyl (C=O) groups is 2. The Morgan fingerprint density at radius 3 is 2.45 bits per heavy atom. The SMILES string of the molecule is CNC(=O)CNC(=O)C1(c2ccccc2)CCOCC1. The van der Waals surface area contributed by atoms with Gasteiger partial charge in [-0.3, -0.25) is 9.59 Å². The smallest absolute Gasteiger partial charge is 0.239 e. The van der Waals surface area contributed by atoms with E-state index in [-0.39, 0.29) is 18.4 Å². The Kier molecular flexibility index (Phi) is 4.74. The molecule has 2 amide bonds. The number of likely N-dealkylation sites (N-methyl/N-ethyl adjacent to an activating group) is 1. The second kappa shape index (κ2) is 6.52. The summed E-state index contributed by atoms with van der Waals surface area (Å²) in [5.74, 6) is -0.302. The Hall–Kier alpha value is -1.88. The summed E-state index contributed by atoms with van der Waals surface area (Å²) in [6.07, 6.45) is 1.27. The van der Waals surface area contributed by atoms with Crippen LogP contribution in [-0.4, -0.2) is 38.6 Å². The van der Waals surface area contributed by atoms with E-state index in [1.165, 1.54) is 0 Å². The largest absolute Gasteiger partial charge is 0.381 e. The molecule has 0 unspecified atom stereocenters. The van der Waals surface area contributed by atoms with Gasteiger partial charge in [0.25, 0.3) is 0 Å². The van der Waals surface area contributed by atoms with Gasteiger partial charge in [0.1, 0.15) is 0 Å². The Bertz CT molecular complexity index is 467. The first-order valence-corrected chi connectivity index (χ1v) is 6.81. The highest BCUT2D eigenvalue weighted by Gasteiger charge is 2.41. The van der Waals surface area contributed by atoms with Crippen LogP contribution >= 0.6 is 0 Å². The van der Waals surface area contributed by atoms with E-state index in [1.807, 2.05) is 30.3 Å². The van der Waals surface area contributed by atoms with Crippen molar-refractivity contribution < 1.29 is 14.3 Å². The monoisotopic (exact) mass is 276 g/mol. The van der Waals surface area contributed by atoms with E-state index in [4.69, 9.17) is 4.74 Å². The van der Waals surface area contributed by atoms with Crippen LogP contribution in [0.2, 0.25) is 0 Å². The van der Waals surface area contributed by atoms with Gasteiger partial charge in [0.2, 0.25) is 11.8 Å². The zero-order valence-electron chi connectivity index (χ0n) is 11.6. The summed E-state index contributed by atoms with van der Waals surface area (Å²) >= 11 is 0. The minimum Gasteiger partial charge on any atom is -0.381 e. The van der Waals surface area contributed by atoms with Crippen molar-refractivity contribution in [2.75, 3.05) is 26.8 Å². The maximum Gasteiger partial charge on any atom is 0.239 e. The van der Waals surface area contributed by atoms with E-state index in [2.05, 4.69) is 10.6 Å². The lowest BCUT2D eigenvalue weighted by molar-refractivity contribution is -0.132. The van der Waals surface area contributed by atoms with Gasteiger partial charge < -0.3 is 15.4 Å². The lowest BCUT2D eigenvalue weighted by atomic mass is 9.73. The number of rotatable bonds is 4. The molecule has 1 aromatic carbocycles. The number of nitrogens with one attached hydrogen (secondary N) is 2. The number of ether oxygens (including phenoxy) is 1. The first-order valence-electron chi connectivity index (χ1n) is 6.81. The molecular formula is C15H20N2O3. The molecule has 0 bridgehead atoms. The molecule has 2 rings (SSSR count). The average molecular weight is 276 g/mol. The van der Waals surface area contributed by atoms with Crippen LogP contribution < -0.4 is 10.6 Å². The maximum absolute atomic E-state index is 12.6. The van der Waals surface area contributed by atoms with Gasteiger partial charge in [-0.15, -0.1) is 0 Å². The fraction of sp³-hybridized carbons (Fsp3) is 0.467. The predicted molar refractivity (Wildman–Crippen MR) is 75.2 cm³/mol. The number of hydrogen-bond donors (Lipinski definition) is 2. The molecule has 0 spiro atoms. The van der Waals surface area contributed by atoms with Crippen molar-refractivity contribution in [1.29, 1.82) is 0 Å². The maximum atomic E-state index is 12.6. The minimum atomic E-state index is -0.590. The zero-order chi connectivity index (χ0) is 14.4. The van der Waals surface area contributed by atoms with Crippen LogP contribution in [0.1, 0.15) is 18.4 Å². The second-order valence-electron chi connectivity index (χ2n) is 4.92. The summed E-state index contributed by atoms with van der Waals surface area (Å²) in [7, 11) is 1.55. The van der Waals surface area contributed by atoms with Gasteiger partial charge in [0.15, 0.2) is 0 Å². The van der Waals surface area contributed by atoms with Gasteiger partial charge in [-0.05, 0) is 18.4 Å². The van der Waals surface area contributed by atoms with Crippen LogP contribution in [0.25, 0.3) is 0 Å². The van der Waals surface area contributed by atoms with E-state index in [1.54, 1.807) is 7.05 Å². The fourth-order valence-electron chi connectivity index (χ4n) is 2.54. The van der Waals surface area contributed by atoms with Crippen molar-refractivity contribution in [2.24, 2.45) is 0 Å². The van der Waals surface area contributed by atoms with Gasteiger partial charge in [0.05, 0.1) is 12.0 Å². The van der Waals surface area contributed by atoms with Gasteiger partial charge >= 0.3 is 0 Å². The Labute approximate surface area is 118 Å². The van der Waals surface area contributed by atoms with E-state index < -0.39 is 5.41 Å². The normalized spacial score (nSPS) is 17.2. The third kappa shape index (κ3) is 2.99. The van der Waals surface area contributed by atoms with Gasteiger partial charge in [0, 0.05) is 20.3 Å². The molecule has 0 aliphatic carbocycles. The number of hydrogen-bond acceptors (Lipinski definition) is 3. The van der Waals surface area contributed by atoms with Crippen molar-refractivity contribution in [2.45, 2.75) is 18.3 Å². The van der Waals surface area contributed by atoms with Crippen molar-refractivity contribution in [3.05, 3.63) is 35.9 Å². The molecule has 1 aliphatic heterocycles. The minimum absolute atomic E-state index is 0.00474. The highest BCUT2D eigenvalue weighted by molar-refractivity contribution is 5.91. The summed E-state index contributed by atoms with van der Waals surface area (Å²) < 4.78 is 5.38. The number of carbonyl (C=O) groups excluding carboxylic acids is 2. The molecule has 0 radical (unpaired) electrons. The molecule has 1 saturated heterocycles. The molecule has 5 heteroatoms. The first-order chi connectivity index (χ1) is 9.69. The molecule has 0 aromatic heterocycles. The molecule has 5 nitrogen and oxygen atoms in total. The molecule has 108 valence electrons. The summed E-state index contributed by atoms with van der Waals surface area (Å²) in [6, 6.07) is 9.71. The first kappa shape index (κ1) is 14.5. The van der Waals surface area contributed by atoms with E-state index in [0.29, 0.717) is 26.1 Å². The van der Waals surface area contributed by atoms with Crippen LogP contribution in [0.5, 0.6) is 0 Å². The molecule has 0 atom stereocenters. The Morgan fingerprint density at radius 1 is 1.20 bits per heavy atom. The van der Waals surface area contributed by atoms with E-state index in [9.17, 15) is 9.59 Å². The molecule has 1 heterocycles. The summed E-state index contributed by atoms with van der Waals surface area (Å²) in [6.45, 7) is 1.12. The van der Waals surface area contributed by atoms with E-state index >= 15 is 0 Å². The van der Waals surface area contributed by atoms with Gasteiger partial charge in [-0.2, -0.15) is 0 Å². The summed E-state index contributed by atoms with van der Waals surface area (Å²) in [5.41, 5.74) is 0.394. The molecular weight excluding hydrogens is 256 g/mol. The highest BCUT2D eigenvalue weighted by atomic mass is 16.5. The van der Waals surface area contributed by atoms with Crippen molar-refractivity contribution in [3.8, 4) is 0 Å².